The molecule has 1 N–H and O–H groups in total. The van der Waals surface area contributed by atoms with Gasteiger partial charge in [0.15, 0.2) is 0 Å². The van der Waals surface area contributed by atoms with Crippen molar-refractivity contribution in [3.8, 4) is 0 Å². The number of aromatic nitrogens is 2. The molecule has 6 nitrogen and oxygen atoms in total. The Morgan fingerprint density at radius 3 is 2.83 bits per heavy atom. The first kappa shape index (κ1) is 12.6. The zero-order valence-electron chi connectivity index (χ0n) is 10.6. The van der Waals surface area contributed by atoms with Crippen molar-refractivity contribution in [2.75, 3.05) is 13.1 Å². The molecule has 1 saturated heterocycles. The molecular formula is C12H17N3O3. The van der Waals surface area contributed by atoms with E-state index < -0.39 is 5.97 Å². The summed E-state index contributed by atoms with van der Waals surface area (Å²) in [4.78, 5) is 24.3. The van der Waals surface area contributed by atoms with Crippen LogP contribution in [0.15, 0.2) is 6.20 Å². The minimum atomic E-state index is -0.960. The summed E-state index contributed by atoms with van der Waals surface area (Å²) in [5.41, 5.74) is 0.837. The van der Waals surface area contributed by atoms with Crippen LogP contribution in [0.3, 0.4) is 0 Å². The number of carbonyl (C=O) groups is 2. The van der Waals surface area contributed by atoms with Crippen LogP contribution in [0.1, 0.15) is 41.7 Å². The highest BCUT2D eigenvalue weighted by Crippen LogP contribution is 2.28. The molecule has 2 rings (SSSR count). The zero-order chi connectivity index (χ0) is 13.3. The fourth-order valence-electron chi connectivity index (χ4n) is 2.46. The molecule has 1 aliphatic rings. The second-order valence-corrected chi connectivity index (χ2v) is 4.71. The van der Waals surface area contributed by atoms with Gasteiger partial charge in [-0.2, -0.15) is 5.10 Å². The molecule has 1 unspecified atom stereocenters. The van der Waals surface area contributed by atoms with Gasteiger partial charge in [0.05, 0.1) is 5.69 Å². The van der Waals surface area contributed by atoms with Gasteiger partial charge in [0.2, 0.25) is 5.91 Å². The molecule has 0 aliphatic carbocycles. The van der Waals surface area contributed by atoms with E-state index in [1.54, 1.807) is 18.9 Å². The third-order valence-corrected chi connectivity index (χ3v) is 3.34. The van der Waals surface area contributed by atoms with Crippen molar-refractivity contribution >= 4 is 11.9 Å². The van der Waals surface area contributed by atoms with Gasteiger partial charge < -0.3 is 10.0 Å². The van der Waals surface area contributed by atoms with E-state index in [2.05, 4.69) is 5.10 Å². The Morgan fingerprint density at radius 1 is 1.50 bits per heavy atom. The number of carboxylic acids is 1. The van der Waals surface area contributed by atoms with Crippen LogP contribution in [0, 0.1) is 0 Å². The highest BCUT2D eigenvalue weighted by molar-refractivity contribution is 5.88. The van der Waals surface area contributed by atoms with Gasteiger partial charge in [-0.3, -0.25) is 9.48 Å². The molecule has 0 spiro atoms. The Balaban J connectivity index is 2.25. The van der Waals surface area contributed by atoms with E-state index in [0.717, 1.165) is 19.4 Å². The van der Waals surface area contributed by atoms with Gasteiger partial charge in [0.1, 0.15) is 5.56 Å². The monoisotopic (exact) mass is 251 g/mol. The molecule has 1 aromatic heterocycles. The summed E-state index contributed by atoms with van der Waals surface area (Å²) in [6.45, 7) is 2.85. The first-order chi connectivity index (χ1) is 8.49. The number of aryl methyl sites for hydroxylation is 1. The Hall–Kier alpha value is -1.85. The fourth-order valence-corrected chi connectivity index (χ4v) is 2.46. The highest BCUT2D eigenvalue weighted by Gasteiger charge is 2.28. The summed E-state index contributed by atoms with van der Waals surface area (Å²) in [5.74, 6) is -0.902. The molecule has 1 aliphatic heterocycles. The van der Waals surface area contributed by atoms with Crippen molar-refractivity contribution in [1.29, 1.82) is 0 Å². The zero-order valence-corrected chi connectivity index (χ0v) is 10.6. The van der Waals surface area contributed by atoms with E-state index in [1.807, 2.05) is 0 Å². The van der Waals surface area contributed by atoms with E-state index in [-0.39, 0.29) is 17.4 Å². The number of hydrogen-bond acceptors (Lipinski definition) is 3. The first-order valence-electron chi connectivity index (χ1n) is 6.01. The highest BCUT2D eigenvalue weighted by atomic mass is 16.4. The summed E-state index contributed by atoms with van der Waals surface area (Å²) in [7, 11) is 1.71. The van der Waals surface area contributed by atoms with E-state index in [1.165, 1.54) is 10.9 Å². The van der Waals surface area contributed by atoms with Crippen molar-refractivity contribution < 1.29 is 14.7 Å². The number of aromatic carboxylic acids is 1. The first-order valence-corrected chi connectivity index (χ1v) is 6.01. The van der Waals surface area contributed by atoms with Crippen LogP contribution < -0.4 is 0 Å². The number of likely N-dealkylation sites (tertiary alicyclic amines) is 1. The van der Waals surface area contributed by atoms with Crippen LogP contribution in [0.4, 0.5) is 0 Å². The van der Waals surface area contributed by atoms with Crippen molar-refractivity contribution in [3.05, 3.63) is 17.5 Å². The van der Waals surface area contributed by atoms with E-state index in [9.17, 15) is 9.59 Å². The average Bonchev–Trinajstić information content (AvgIpc) is 2.72. The molecule has 0 radical (unpaired) electrons. The van der Waals surface area contributed by atoms with Gasteiger partial charge >= 0.3 is 5.97 Å². The lowest BCUT2D eigenvalue weighted by Gasteiger charge is -2.31. The third kappa shape index (κ3) is 2.37. The predicted octanol–water partition coefficient (Wildman–Crippen LogP) is 0.844. The molecule has 0 bridgehead atoms. The molecule has 1 aromatic rings. The maximum atomic E-state index is 11.4. The average molecular weight is 251 g/mol. The summed E-state index contributed by atoms with van der Waals surface area (Å²) >= 11 is 0. The summed E-state index contributed by atoms with van der Waals surface area (Å²) in [6.07, 6.45) is 3.28. The molecule has 2 heterocycles. The third-order valence-electron chi connectivity index (χ3n) is 3.34. The van der Waals surface area contributed by atoms with Crippen LogP contribution in [0.25, 0.3) is 0 Å². The van der Waals surface area contributed by atoms with Gasteiger partial charge in [0.25, 0.3) is 0 Å². The second kappa shape index (κ2) is 4.80. The van der Waals surface area contributed by atoms with Gasteiger partial charge in [-0.05, 0) is 12.8 Å². The van der Waals surface area contributed by atoms with Crippen molar-refractivity contribution in [1.82, 2.24) is 14.7 Å². The van der Waals surface area contributed by atoms with Crippen LogP contribution in [0.5, 0.6) is 0 Å². The Morgan fingerprint density at radius 2 is 2.22 bits per heavy atom. The number of carboxylic acid groups (broad SMARTS) is 1. The summed E-state index contributed by atoms with van der Waals surface area (Å²) in [5, 5.41) is 13.4. The molecule has 1 fully saturated rings. The smallest absolute Gasteiger partial charge is 0.339 e. The molecule has 0 saturated carbocycles. The number of carbonyl (C=O) groups excluding carboxylic acids is 1. The van der Waals surface area contributed by atoms with E-state index in [4.69, 9.17) is 5.11 Å². The quantitative estimate of drug-likeness (QED) is 0.845. The Kier molecular flexibility index (Phi) is 3.36. The lowest BCUT2D eigenvalue weighted by Crippen LogP contribution is -2.38. The largest absolute Gasteiger partial charge is 0.478 e. The molecule has 6 heteroatoms. The molecule has 1 atom stereocenters. The van der Waals surface area contributed by atoms with Crippen molar-refractivity contribution in [3.63, 3.8) is 0 Å². The Bertz CT molecular complexity index is 481. The normalized spacial score (nSPS) is 19.9. The summed E-state index contributed by atoms with van der Waals surface area (Å²) in [6, 6.07) is 0. The van der Waals surface area contributed by atoms with Crippen LogP contribution in [-0.4, -0.2) is 44.8 Å². The van der Waals surface area contributed by atoms with Gasteiger partial charge in [-0.25, -0.2) is 4.79 Å². The second-order valence-electron chi connectivity index (χ2n) is 4.71. The maximum absolute atomic E-state index is 11.4. The molecule has 18 heavy (non-hydrogen) atoms. The standard InChI is InChI=1S/C12H17N3O3/c1-8(16)15-5-3-4-9(6-15)11-10(12(17)18)7-14(2)13-11/h7,9H,3-6H2,1-2H3,(H,17,18). The van der Waals surface area contributed by atoms with Crippen LogP contribution >= 0.6 is 0 Å². The number of hydrogen-bond donors (Lipinski definition) is 1. The fraction of sp³-hybridized carbons (Fsp3) is 0.583. The Labute approximate surface area is 105 Å². The van der Waals surface area contributed by atoms with Crippen LogP contribution in [-0.2, 0) is 11.8 Å². The summed E-state index contributed by atoms with van der Waals surface area (Å²) < 4.78 is 1.52. The minimum Gasteiger partial charge on any atom is -0.478 e. The molecule has 98 valence electrons. The number of nitrogens with zero attached hydrogens (tertiary/aromatic N) is 3. The molecular weight excluding hydrogens is 234 g/mol. The molecule has 0 aromatic carbocycles. The van der Waals surface area contributed by atoms with Crippen molar-refractivity contribution in [2.45, 2.75) is 25.7 Å². The number of rotatable bonds is 2. The number of piperidine rings is 1. The minimum absolute atomic E-state index is 0.0231. The van der Waals surface area contributed by atoms with E-state index in [0.29, 0.717) is 12.2 Å². The number of amides is 1. The molecule has 1 amide bonds. The van der Waals surface area contributed by atoms with Crippen molar-refractivity contribution in [2.24, 2.45) is 7.05 Å². The van der Waals surface area contributed by atoms with Crippen LogP contribution in [0.2, 0.25) is 0 Å². The maximum Gasteiger partial charge on any atom is 0.339 e. The SMILES string of the molecule is CC(=O)N1CCCC(c2nn(C)cc2C(=O)O)C1. The van der Waals surface area contributed by atoms with E-state index >= 15 is 0 Å². The predicted molar refractivity (Wildman–Crippen MR) is 64.4 cm³/mol. The van der Waals surface area contributed by atoms with Gasteiger partial charge in [0, 0.05) is 39.2 Å². The topological polar surface area (TPSA) is 75.4 Å². The lowest BCUT2D eigenvalue weighted by molar-refractivity contribution is -0.130. The lowest BCUT2D eigenvalue weighted by atomic mass is 9.92. The van der Waals surface area contributed by atoms with Gasteiger partial charge in [-0.15, -0.1) is 0 Å². The van der Waals surface area contributed by atoms with Gasteiger partial charge in [-0.1, -0.05) is 0 Å².